The Bertz CT molecular complexity index is 1720. The van der Waals surface area contributed by atoms with Crippen molar-refractivity contribution in [2.24, 2.45) is 7.05 Å². The molecule has 0 radical (unpaired) electrons. The lowest BCUT2D eigenvalue weighted by Gasteiger charge is -2.12. The summed E-state index contributed by atoms with van der Waals surface area (Å²) >= 11 is 0. The van der Waals surface area contributed by atoms with Crippen LogP contribution in [-0.2, 0) is 17.1 Å². The van der Waals surface area contributed by atoms with Crippen molar-refractivity contribution >= 4 is 38.4 Å². The molecule has 178 valence electrons. The van der Waals surface area contributed by atoms with E-state index in [1.54, 1.807) is 48.7 Å². The number of benzene rings is 1. The summed E-state index contributed by atoms with van der Waals surface area (Å²) in [4.78, 5) is 20.8. The third-order valence-electron chi connectivity index (χ3n) is 5.96. The summed E-state index contributed by atoms with van der Waals surface area (Å²) < 4.78 is 41.7. The molecule has 0 fully saturated rings. The average Bonchev–Trinajstić information content (AvgIpc) is 3.41. The van der Waals surface area contributed by atoms with Crippen LogP contribution in [0.2, 0.25) is 0 Å². The van der Waals surface area contributed by atoms with Crippen molar-refractivity contribution in [3.05, 3.63) is 66.0 Å². The Kier molecular flexibility index (Phi) is 5.32. The maximum atomic E-state index is 13.9. The molecule has 4 heterocycles. The molecule has 5 aromatic rings. The van der Waals surface area contributed by atoms with Crippen molar-refractivity contribution in [2.75, 3.05) is 14.2 Å². The molecule has 10 heteroatoms. The number of pyridine rings is 2. The molecule has 4 aromatic heterocycles. The van der Waals surface area contributed by atoms with Gasteiger partial charge in [0.25, 0.3) is 15.9 Å². The van der Waals surface area contributed by atoms with Crippen LogP contribution in [-0.4, -0.2) is 47.4 Å². The molecule has 0 N–H and O–H groups in total. The first-order valence-electron chi connectivity index (χ1n) is 10.7. The molecule has 0 unspecified atom stereocenters. The molecular weight excluding hydrogens is 468 g/mol. The van der Waals surface area contributed by atoms with Gasteiger partial charge in [-0.15, -0.1) is 0 Å². The van der Waals surface area contributed by atoms with Gasteiger partial charge in [-0.3, -0.25) is 4.79 Å². The van der Waals surface area contributed by atoms with E-state index in [4.69, 9.17) is 9.47 Å². The number of aryl methyl sites for hydroxylation is 2. The van der Waals surface area contributed by atoms with Gasteiger partial charge in [0, 0.05) is 42.0 Å². The van der Waals surface area contributed by atoms with Crippen LogP contribution in [0.25, 0.3) is 33.3 Å². The molecule has 0 saturated carbocycles. The summed E-state index contributed by atoms with van der Waals surface area (Å²) in [5.74, 6) is 0.716. The molecule has 5 rings (SSSR count). The molecule has 0 saturated heterocycles. The van der Waals surface area contributed by atoms with Crippen molar-refractivity contribution < 1.29 is 22.7 Å². The van der Waals surface area contributed by atoms with Crippen molar-refractivity contribution in [3.63, 3.8) is 0 Å². The fourth-order valence-electron chi connectivity index (χ4n) is 4.18. The molecule has 1 aromatic carbocycles. The monoisotopic (exact) mass is 490 g/mol. The quantitative estimate of drug-likeness (QED) is 0.332. The van der Waals surface area contributed by atoms with Crippen LogP contribution < -0.4 is 9.47 Å². The largest absolute Gasteiger partial charge is 0.491 e. The number of fused-ring (bicyclic) bond motifs is 2. The first-order chi connectivity index (χ1) is 16.8. The molecule has 0 bridgehead atoms. The number of rotatable bonds is 6. The lowest BCUT2D eigenvalue weighted by molar-refractivity contribution is 0.112. The fraction of sp³-hybridized carbons (Fsp3) is 0.160. The first-order valence-corrected chi connectivity index (χ1v) is 12.1. The third-order valence-corrected chi connectivity index (χ3v) is 7.68. The van der Waals surface area contributed by atoms with Crippen LogP contribution in [0.5, 0.6) is 11.6 Å². The second-order valence-corrected chi connectivity index (χ2v) is 9.88. The zero-order chi connectivity index (χ0) is 24.9. The summed E-state index contributed by atoms with van der Waals surface area (Å²) in [6, 6.07) is 11.6. The maximum absolute atomic E-state index is 13.9. The minimum atomic E-state index is -4.09. The van der Waals surface area contributed by atoms with Crippen molar-refractivity contribution in [2.45, 2.75) is 11.8 Å². The molecule has 0 amide bonds. The summed E-state index contributed by atoms with van der Waals surface area (Å²) in [6.45, 7) is 1.88. The molecule has 35 heavy (non-hydrogen) atoms. The van der Waals surface area contributed by atoms with E-state index in [2.05, 4.69) is 9.97 Å². The summed E-state index contributed by atoms with van der Waals surface area (Å²) in [5, 5.41) is 0.422. The van der Waals surface area contributed by atoms with E-state index in [0.29, 0.717) is 45.3 Å². The Morgan fingerprint density at radius 1 is 1.03 bits per heavy atom. The van der Waals surface area contributed by atoms with Gasteiger partial charge in [0.15, 0.2) is 17.7 Å². The molecule has 0 spiro atoms. The van der Waals surface area contributed by atoms with Crippen LogP contribution in [0, 0.1) is 6.92 Å². The van der Waals surface area contributed by atoms with Gasteiger partial charge in [-0.25, -0.2) is 22.4 Å². The van der Waals surface area contributed by atoms with Crippen LogP contribution in [0.1, 0.15) is 15.9 Å². The van der Waals surface area contributed by atoms with E-state index < -0.39 is 10.0 Å². The number of hydrogen-bond acceptors (Lipinski definition) is 7. The number of carbonyl (C=O) groups is 1. The van der Waals surface area contributed by atoms with Crippen molar-refractivity contribution in [1.82, 2.24) is 18.5 Å². The van der Waals surface area contributed by atoms with Gasteiger partial charge in [-0.1, -0.05) is 17.7 Å². The molecule has 0 aliphatic carbocycles. The van der Waals surface area contributed by atoms with Crippen LogP contribution in [0.4, 0.5) is 0 Å². The van der Waals surface area contributed by atoms with Crippen molar-refractivity contribution in [3.8, 4) is 22.9 Å². The van der Waals surface area contributed by atoms with E-state index in [1.165, 1.54) is 24.4 Å². The van der Waals surface area contributed by atoms with Gasteiger partial charge >= 0.3 is 0 Å². The van der Waals surface area contributed by atoms with Gasteiger partial charge < -0.3 is 14.0 Å². The summed E-state index contributed by atoms with van der Waals surface area (Å²) in [5.41, 5.74) is 3.51. The topological polar surface area (TPSA) is 105 Å². The minimum absolute atomic E-state index is 0.104. The zero-order valence-corrected chi connectivity index (χ0v) is 20.3. The maximum Gasteiger partial charge on any atom is 0.269 e. The van der Waals surface area contributed by atoms with E-state index in [1.807, 2.05) is 18.5 Å². The van der Waals surface area contributed by atoms with Crippen LogP contribution >= 0.6 is 0 Å². The normalized spacial score (nSPS) is 11.8. The highest BCUT2D eigenvalue weighted by Gasteiger charge is 2.28. The van der Waals surface area contributed by atoms with E-state index in [-0.39, 0.29) is 16.4 Å². The Morgan fingerprint density at radius 2 is 1.77 bits per heavy atom. The highest BCUT2D eigenvalue weighted by Crippen LogP contribution is 2.39. The molecule has 0 aliphatic heterocycles. The smallest absolute Gasteiger partial charge is 0.269 e. The fourth-order valence-corrected chi connectivity index (χ4v) is 5.66. The SMILES string of the molecule is COc1cc2c(nc1OC)c(-c1cc3c(C=O)ccnc3n1S(=O)(=O)c1ccc(C)cc1)cn2C. The molecule has 0 aliphatic rings. The number of methoxy groups -OCH3 is 2. The number of ether oxygens (including phenoxy) is 2. The predicted octanol–water partition coefficient (Wildman–Crippen LogP) is 3.97. The summed E-state index contributed by atoms with van der Waals surface area (Å²) in [7, 11) is 0.750. The standard InChI is InChI=1S/C25H22N4O5S/c1-15-5-7-17(8-6-15)35(31,32)29-20(11-18-16(14-30)9-10-26-24(18)29)19-13-28(2)21-12-22(33-3)25(34-4)27-23(19)21/h5-14H,1-4H3. The Balaban J connectivity index is 1.90. The average molecular weight is 491 g/mol. The highest BCUT2D eigenvalue weighted by atomic mass is 32.2. The molecular formula is C25H22N4O5S. The van der Waals surface area contributed by atoms with E-state index in [9.17, 15) is 13.2 Å². The zero-order valence-electron chi connectivity index (χ0n) is 19.5. The number of nitrogens with zero attached hydrogens (tertiary/aromatic N) is 4. The van der Waals surface area contributed by atoms with Gasteiger partial charge in [0.05, 0.1) is 30.3 Å². The van der Waals surface area contributed by atoms with E-state index in [0.717, 1.165) is 5.56 Å². The van der Waals surface area contributed by atoms with Gasteiger partial charge in [0.2, 0.25) is 0 Å². The lowest BCUT2D eigenvalue weighted by atomic mass is 10.1. The highest BCUT2D eigenvalue weighted by molar-refractivity contribution is 7.90. The molecule has 0 atom stereocenters. The number of aromatic nitrogens is 4. The van der Waals surface area contributed by atoms with E-state index >= 15 is 0 Å². The first kappa shape index (κ1) is 22.6. The van der Waals surface area contributed by atoms with Crippen LogP contribution in [0.3, 0.4) is 0 Å². The number of hydrogen-bond donors (Lipinski definition) is 0. The summed E-state index contributed by atoms with van der Waals surface area (Å²) in [6.07, 6.45) is 3.89. The lowest BCUT2D eigenvalue weighted by Crippen LogP contribution is -2.14. The molecule has 9 nitrogen and oxygen atoms in total. The van der Waals surface area contributed by atoms with Gasteiger partial charge in [-0.05, 0) is 31.2 Å². The minimum Gasteiger partial charge on any atom is -0.491 e. The van der Waals surface area contributed by atoms with Crippen molar-refractivity contribution in [1.29, 1.82) is 0 Å². The third kappa shape index (κ3) is 3.45. The van der Waals surface area contributed by atoms with Gasteiger partial charge in [-0.2, -0.15) is 0 Å². The predicted molar refractivity (Wildman–Crippen MR) is 132 cm³/mol. The second kappa shape index (κ2) is 8.24. The van der Waals surface area contributed by atoms with Crippen LogP contribution in [0.15, 0.2) is 59.8 Å². The Hall–Kier alpha value is -4.18. The Labute approximate surface area is 201 Å². The Morgan fingerprint density at radius 3 is 2.43 bits per heavy atom. The number of carbonyl (C=O) groups excluding carboxylic acids is 1. The van der Waals surface area contributed by atoms with Gasteiger partial charge in [0.1, 0.15) is 5.52 Å². The number of aldehydes is 1. The second-order valence-electron chi connectivity index (χ2n) is 8.09.